The minimum absolute atomic E-state index is 0.0352. The number of amides is 1. The second kappa shape index (κ2) is 9.51. The van der Waals surface area contributed by atoms with Crippen LogP contribution in [0.15, 0.2) is 77.7 Å². The number of sulfonamides is 1. The van der Waals surface area contributed by atoms with Crippen LogP contribution in [0.5, 0.6) is 0 Å². The molecular formula is C24H22ClFN2O4S. The number of hydrogen-bond acceptors (Lipinski definition) is 4. The molecule has 33 heavy (non-hydrogen) atoms. The zero-order valence-corrected chi connectivity index (χ0v) is 19.1. The number of rotatable bonds is 6. The fourth-order valence-electron chi connectivity index (χ4n) is 3.89. The molecule has 6 nitrogen and oxygen atoms in total. The number of hydrogen-bond donors (Lipinski definition) is 2. The minimum atomic E-state index is -3.95. The van der Waals surface area contributed by atoms with Crippen molar-refractivity contribution in [1.29, 1.82) is 0 Å². The molecule has 1 aliphatic heterocycles. The topological polar surface area (TPSA) is 84.5 Å². The van der Waals surface area contributed by atoms with Gasteiger partial charge in [-0.15, -0.1) is 0 Å². The van der Waals surface area contributed by atoms with Crippen molar-refractivity contribution in [2.75, 3.05) is 23.3 Å². The fourth-order valence-corrected chi connectivity index (χ4v) is 5.26. The first kappa shape index (κ1) is 23.2. The van der Waals surface area contributed by atoms with Crippen LogP contribution < -0.4 is 10.0 Å². The number of benzene rings is 3. The van der Waals surface area contributed by atoms with Crippen molar-refractivity contribution >= 4 is 38.9 Å². The van der Waals surface area contributed by atoms with Gasteiger partial charge in [0, 0.05) is 18.9 Å². The molecule has 0 atom stereocenters. The molecule has 9 heteroatoms. The molecule has 1 saturated heterocycles. The lowest BCUT2D eigenvalue weighted by Crippen LogP contribution is -2.45. The van der Waals surface area contributed by atoms with Crippen LogP contribution in [0.1, 0.15) is 18.4 Å². The van der Waals surface area contributed by atoms with Gasteiger partial charge in [0.1, 0.15) is 5.82 Å². The lowest BCUT2D eigenvalue weighted by molar-refractivity contribution is -0.125. The van der Waals surface area contributed by atoms with Crippen LogP contribution in [0, 0.1) is 5.82 Å². The first-order valence-corrected chi connectivity index (χ1v) is 12.2. The molecule has 1 aliphatic rings. The van der Waals surface area contributed by atoms with Crippen LogP contribution >= 0.6 is 11.6 Å². The molecule has 0 bridgehead atoms. The summed E-state index contributed by atoms with van der Waals surface area (Å²) in [7, 11) is -3.95. The van der Waals surface area contributed by atoms with Gasteiger partial charge in [-0.05, 0) is 60.9 Å². The minimum Gasteiger partial charge on any atom is -0.381 e. The third kappa shape index (κ3) is 5.03. The van der Waals surface area contributed by atoms with Crippen LogP contribution in [0.25, 0.3) is 0 Å². The van der Waals surface area contributed by atoms with Crippen molar-refractivity contribution in [2.24, 2.45) is 0 Å². The van der Waals surface area contributed by atoms with Crippen molar-refractivity contribution < 1.29 is 22.3 Å². The van der Waals surface area contributed by atoms with E-state index in [0.29, 0.717) is 37.3 Å². The highest BCUT2D eigenvalue weighted by atomic mass is 35.5. The lowest BCUT2D eigenvalue weighted by atomic mass is 9.73. The number of anilines is 2. The van der Waals surface area contributed by atoms with Gasteiger partial charge >= 0.3 is 0 Å². The zero-order chi connectivity index (χ0) is 23.5. The van der Waals surface area contributed by atoms with Crippen molar-refractivity contribution in [1.82, 2.24) is 0 Å². The van der Waals surface area contributed by atoms with Gasteiger partial charge in [-0.1, -0.05) is 41.9 Å². The molecule has 0 unspecified atom stereocenters. The van der Waals surface area contributed by atoms with Crippen molar-refractivity contribution in [2.45, 2.75) is 23.2 Å². The molecule has 0 spiro atoms. The van der Waals surface area contributed by atoms with E-state index in [0.717, 1.165) is 0 Å². The molecule has 0 aliphatic carbocycles. The third-order valence-corrected chi connectivity index (χ3v) is 7.37. The standard InChI is InChI=1S/C24H22ClFN2O4S/c25-21-9-1-2-10-22(21)28-33(30,31)20-8-4-7-19(16-20)27-23(29)24(11-13-32-14-12-24)17-5-3-6-18(26)15-17/h1-10,15-16,28H,11-14H2,(H,27,29). The van der Waals surface area contributed by atoms with Crippen molar-refractivity contribution in [3.63, 3.8) is 0 Å². The van der Waals surface area contributed by atoms with E-state index in [2.05, 4.69) is 10.0 Å². The average molecular weight is 489 g/mol. The number of halogens is 2. The molecule has 0 saturated carbocycles. The summed E-state index contributed by atoms with van der Waals surface area (Å²) in [5.41, 5.74) is 0.142. The molecule has 172 valence electrons. The van der Waals surface area contributed by atoms with Gasteiger partial charge in [-0.2, -0.15) is 0 Å². The summed E-state index contributed by atoms with van der Waals surface area (Å²) in [5, 5.41) is 3.09. The van der Waals surface area contributed by atoms with Crippen molar-refractivity contribution in [3.05, 3.63) is 89.2 Å². The Bertz CT molecular complexity index is 1280. The molecule has 1 fully saturated rings. The molecule has 3 aromatic carbocycles. The van der Waals surface area contributed by atoms with E-state index >= 15 is 0 Å². The SMILES string of the molecule is O=C(Nc1cccc(S(=O)(=O)Nc2ccccc2Cl)c1)C1(c2cccc(F)c2)CCOCC1. The van der Waals surface area contributed by atoms with Crippen LogP contribution in [-0.4, -0.2) is 27.5 Å². The quantitative estimate of drug-likeness (QED) is 0.513. The van der Waals surface area contributed by atoms with E-state index in [9.17, 15) is 17.6 Å². The predicted octanol–water partition coefficient (Wildman–Crippen LogP) is 4.97. The Labute approximate surface area is 196 Å². The molecule has 1 heterocycles. The highest BCUT2D eigenvalue weighted by molar-refractivity contribution is 7.92. The summed E-state index contributed by atoms with van der Waals surface area (Å²) in [6, 6.07) is 18.4. The number of carbonyl (C=O) groups excluding carboxylic acids is 1. The number of para-hydroxylation sites is 1. The van der Waals surface area contributed by atoms with Gasteiger partial charge in [0.25, 0.3) is 10.0 Å². The van der Waals surface area contributed by atoms with Crippen LogP contribution in [0.4, 0.5) is 15.8 Å². The molecule has 2 N–H and O–H groups in total. The Hall–Kier alpha value is -2.94. The maximum atomic E-state index is 13.9. The predicted molar refractivity (Wildman–Crippen MR) is 125 cm³/mol. The molecular weight excluding hydrogens is 467 g/mol. The van der Waals surface area contributed by atoms with Gasteiger partial charge in [0.2, 0.25) is 5.91 Å². The summed E-state index contributed by atoms with van der Waals surface area (Å²) in [5.74, 6) is -0.769. The van der Waals surface area contributed by atoms with Crippen LogP contribution in [0.3, 0.4) is 0 Å². The maximum Gasteiger partial charge on any atom is 0.262 e. The molecule has 4 rings (SSSR count). The first-order chi connectivity index (χ1) is 15.8. The highest BCUT2D eigenvalue weighted by Gasteiger charge is 2.42. The van der Waals surface area contributed by atoms with Crippen LogP contribution in [-0.2, 0) is 25.0 Å². The van der Waals surface area contributed by atoms with E-state index in [-0.39, 0.29) is 21.5 Å². The van der Waals surface area contributed by atoms with E-state index in [1.54, 1.807) is 42.5 Å². The fraction of sp³-hybridized carbons (Fsp3) is 0.208. The maximum absolute atomic E-state index is 13.9. The Morgan fingerprint density at radius 1 is 0.970 bits per heavy atom. The van der Waals surface area contributed by atoms with E-state index in [1.807, 2.05) is 0 Å². The summed E-state index contributed by atoms with van der Waals surface area (Å²) in [6.45, 7) is 0.722. The van der Waals surface area contributed by atoms with E-state index in [1.165, 1.54) is 30.3 Å². The van der Waals surface area contributed by atoms with Crippen molar-refractivity contribution in [3.8, 4) is 0 Å². The average Bonchev–Trinajstić information content (AvgIpc) is 2.81. The molecule has 0 aromatic heterocycles. The Morgan fingerprint density at radius 2 is 1.70 bits per heavy atom. The largest absolute Gasteiger partial charge is 0.381 e. The number of ether oxygens (including phenoxy) is 1. The second-order valence-electron chi connectivity index (χ2n) is 7.77. The normalized spacial score (nSPS) is 15.6. The molecule has 1 amide bonds. The highest BCUT2D eigenvalue weighted by Crippen LogP contribution is 2.36. The van der Waals surface area contributed by atoms with E-state index < -0.39 is 21.3 Å². The lowest BCUT2D eigenvalue weighted by Gasteiger charge is -2.36. The van der Waals surface area contributed by atoms with Gasteiger partial charge in [0.15, 0.2) is 0 Å². The monoisotopic (exact) mass is 488 g/mol. The third-order valence-electron chi connectivity index (χ3n) is 5.68. The molecule has 3 aromatic rings. The number of carbonyl (C=O) groups is 1. The summed E-state index contributed by atoms with van der Waals surface area (Å²) in [6.07, 6.45) is 0.767. The Kier molecular flexibility index (Phi) is 6.69. The van der Waals surface area contributed by atoms with Gasteiger partial charge in [-0.3, -0.25) is 9.52 Å². The second-order valence-corrected chi connectivity index (χ2v) is 9.86. The number of nitrogens with one attached hydrogen (secondary N) is 2. The van der Waals surface area contributed by atoms with Gasteiger partial charge in [-0.25, -0.2) is 12.8 Å². The summed E-state index contributed by atoms with van der Waals surface area (Å²) < 4.78 is 47.6. The first-order valence-electron chi connectivity index (χ1n) is 10.3. The molecule has 0 radical (unpaired) electrons. The van der Waals surface area contributed by atoms with E-state index in [4.69, 9.17) is 16.3 Å². The zero-order valence-electron chi connectivity index (χ0n) is 17.6. The summed E-state index contributed by atoms with van der Waals surface area (Å²) >= 11 is 6.07. The summed E-state index contributed by atoms with van der Waals surface area (Å²) in [4.78, 5) is 13.4. The van der Waals surface area contributed by atoms with Crippen LogP contribution in [0.2, 0.25) is 5.02 Å². The van der Waals surface area contributed by atoms with Gasteiger partial charge < -0.3 is 10.1 Å². The Balaban J connectivity index is 1.61. The smallest absolute Gasteiger partial charge is 0.262 e. The Morgan fingerprint density at radius 3 is 2.42 bits per heavy atom. The van der Waals surface area contributed by atoms with Gasteiger partial charge in [0.05, 0.1) is 21.0 Å².